The molecule has 0 fully saturated rings. The Balaban J connectivity index is 2.88. The van der Waals surface area contributed by atoms with Gasteiger partial charge >= 0.3 is 5.97 Å². The van der Waals surface area contributed by atoms with Crippen LogP contribution in [-0.4, -0.2) is 55.9 Å². The van der Waals surface area contributed by atoms with Crippen LogP contribution in [0, 0.1) is 11.8 Å². The van der Waals surface area contributed by atoms with E-state index >= 15 is 0 Å². The minimum Gasteiger partial charge on any atom is -0.461 e. The fraction of sp³-hybridized carbons (Fsp3) is 0.565. The van der Waals surface area contributed by atoms with E-state index in [0.717, 1.165) is 0 Å². The number of carbonyl (C=O) groups excluding carboxylic acids is 4. The van der Waals surface area contributed by atoms with Crippen molar-refractivity contribution in [3.63, 3.8) is 0 Å². The summed E-state index contributed by atoms with van der Waals surface area (Å²) in [5, 5.41) is 11.1. The highest BCUT2D eigenvalue weighted by Gasteiger charge is 2.21. The van der Waals surface area contributed by atoms with Crippen LogP contribution in [0.2, 0.25) is 0 Å². The van der Waals surface area contributed by atoms with Gasteiger partial charge in [-0.25, -0.2) is 0 Å². The Morgan fingerprint density at radius 1 is 1.06 bits per heavy atom. The fourth-order valence-corrected chi connectivity index (χ4v) is 2.92. The van der Waals surface area contributed by atoms with Crippen LogP contribution in [0.4, 0.5) is 5.69 Å². The molecule has 0 saturated carbocycles. The maximum Gasteiger partial charge on any atom is 0.308 e. The van der Waals surface area contributed by atoms with Gasteiger partial charge in [0.1, 0.15) is 6.61 Å². The molecule has 0 radical (unpaired) electrons. The quantitative estimate of drug-likeness (QED) is 0.271. The average molecular weight is 464 g/mol. The van der Waals surface area contributed by atoms with Crippen LogP contribution in [-0.2, 0) is 25.7 Å². The second-order valence-electron chi connectivity index (χ2n) is 8.22. The van der Waals surface area contributed by atoms with Gasteiger partial charge in [0.05, 0.1) is 18.5 Å². The van der Waals surface area contributed by atoms with Gasteiger partial charge in [-0.05, 0) is 24.6 Å². The lowest BCUT2D eigenvalue weighted by Crippen LogP contribution is -2.49. The molecule has 1 aromatic carbocycles. The largest absolute Gasteiger partial charge is 0.461 e. The molecular formula is C23H37N5O5. The smallest absolute Gasteiger partial charge is 0.308 e. The number of benzene rings is 1. The molecule has 3 amide bonds. The molecule has 0 spiro atoms. The van der Waals surface area contributed by atoms with Gasteiger partial charge in [-0.15, -0.1) is 0 Å². The van der Waals surface area contributed by atoms with E-state index in [-0.39, 0.29) is 55.5 Å². The zero-order chi connectivity index (χ0) is 25.0. The zero-order valence-corrected chi connectivity index (χ0v) is 20.1. The van der Waals surface area contributed by atoms with E-state index in [4.69, 9.17) is 10.5 Å². The number of anilines is 1. The second-order valence-corrected chi connectivity index (χ2v) is 8.22. The van der Waals surface area contributed by atoms with E-state index in [1.165, 1.54) is 6.07 Å². The highest BCUT2D eigenvalue weighted by Crippen LogP contribution is 2.18. The number of ether oxygens (including phenoxy) is 1. The van der Waals surface area contributed by atoms with Crippen molar-refractivity contribution in [3.8, 4) is 0 Å². The molecular weight excluding hydrogens is 426 g/mol. The Morgan fingerprint density at radius 2 is 1.76 bits per heavy atom. The van der Waals surface area contributed by atoms with E-state index in [1.54, 1.807) is 26.0 Å². The lowest BCUT2D eigenvalue weighted by Gasteiger charge is -2.20. The van der Waals surface area contributed by atoms with Gasteiger partial charge < -0.3 is 31.7 Å². The molecule has 1 atom stereocenters. The molecule has 0 aliphatic rings. The van der Waals surface area contributed by atoms with E-state index in [1.807, 2.05) is 20.8 Å². The van der Waals surface area contributed by atoms with Gasteiger partial charge in [0, 0.05) is 29.9 Å². The molecule has 184 valence electrons. The molecule has 1 rings (SSSR count). The summed E-state index contributed by atoms with van der Waals surface area (Å²) < 4.78 is 5.25. The molecule has 1 aromatic rings. The highest BCUT2D eigenvalue weighted by atomic mass is 16.5. The first kappa shape index (κ1) is 28.1. The normalized spacial score (nSPS) is 11.8. The van der Waals surface area contributed by atoms with Crippen LogP contribution < -0.4 is 27.0 Å². The van der Waals surface area contributed by atoms with Crippen molar-refractivity contribution in [2.24, 2.45) is 17.6 Å². The molecule has 10 heteroatoms. The van der Waals surface area contributed by atoms with Crippen LogP contribution >= 0.6 is 0 Å². The van der Waals surface area contributed by atoms with E-state index in [9.17, 15) is 19.2 Å². The van der Waals surface area contributed by atoms with Gasteiger partial charge in [0.2, 0.25) is 11.8 Å². The van der Waals surface area contributed by atoms with Gasteiger partial charge in [0.15, 0.2) is 0 Å². The number of nitrogens with two attached hydrogens (primary N) is 1. The van der Waals surface area contributed by atoms with Gasteiger partial charge in [-0.1, -0.05) is 40.7 Å². The summed E-state index contributed by atoms with van der Waals surface area (Å²) in [5.74, 6) is -1.70. The lowest BCUT2D eigenvalue weighted by atomic mass is 10.0. The summed E-state index contributed by atoms with van der Waals surface area (Å²) >= 11 is 0. The number of carbonyl (C=O) groups is 4. The summed E-state index contributed by atoms with van der Waals surface area (Å²) in [4.78, 5) is 49.1. The van der Waals surface area contributed by atoms with E-state index in [2.05, 4.69) is 21.3 Å². The van der Waals surface area contributed by atoms with E-state index < -0.39 is 17.9 Å². The molecule has 0 aliphatic carbocycles. The lowest BCUT2D eigenvalue weighted by molar-refractivity contribution is -0.148. The molecule has 10 nitrogen and oxygen atoms in total. The maximum atomic E-state index is 12.6. The molecule has 1 unspecified atom stereocenters. The standard InChI is InChI=1S/C23H37N5O5/c1-6-25-20(14(2)3)22(31)27-12-19(29)28-17-8-7-16(13-33-23(32)15(4)5)18(11-17)21(30)26-10-9-24/h7-8,11,14-15,20,25H,6,9-10,12-13,24H2,1-5H3,(H,26,30)(H,27,31)(H,28,29). The Morgan fingerprint density at radius 3 is 2.33 bits per heavy atom. The molecule has 0 heterocycles. The van der Waals surface area contributed by atoms with Crippen molar-refractivity contribution < 1.29 is 23.9 Å². The number of amides is 3. The van der Waals surface area contributed by atoms with Crippen molar-refractivity contribution in [2.45, 2.75) is 47.3 Å². The molecule has 0 aliphatic heterocycles. The third-order valence-electron chi connectivity index (χ3n) is 4.71. The molecule has 0 bridgehead atoms. The molecule has 33 heavy (non-hydrogen) atoms. The SMILES string of the molecule is CCNC(C(=O)NCC(=O)Nc1ccc(COC(=O)C(C)C)c(C(=O)NCCN)c1)C(C)C. The summed E-state index contributed by atoms with van der Waals surface area (Å²) in [6.07, 6.45) is 0. The number of likely N-dealkylation sites (N-methyl/N-ethyl adjacent to an activating group) is 1. The highest BCUT2D eigenvalue weighted by molar-refractivity contribution is 5.99. The number of esters is 1. The number of nitrogens with one attached hydrogen (secondary N) is 4. The predicted molar refractivity (Wildman–Crippen MR) is 126 cm³/mol. The Kier molecular flexibility index (Phi) is 12.1. The zero-order valence-electron chi connectivity index (χ0n) is 20.1. The van der Waals surface area contributed by atoms with Crippen molar-refractivity contribution in [1.82, 2.24) is 16.0 Å². The number of hydrogen-bond donors (Lipinski definition) is 5. The minimum absolute atomic E-state index is 0.0694. The van der Waals surface area contributed by atoms with Gasteiger partial charge in [0.25, 0.3) is 5.91 Å². The van der Waals surface area contributed by atoms with E-state index in [0.29, 0.717) is 17.8 Å². The van der Waals surface area contributed by atoms with Crippen LogP contribution in [0.15, 0.2) is 18.2 Å². The predicted octanol–water partition coefficient (Wildman–Crippen LogP) is 0.763. The monoisotopic (exact) mass is 463 g/mol. The van der Waals surface area contributed by atoms with Crippen LogP contribution in [0.1, 0.15) is 50.5 Å². The first-order valence-electron chi connectivity index (χ1n) is 11.2. The topological polar surface area (TPSA) is 152 Å². The number of hydrogen-bond acceptors (Lipinski definition) is 7. The summed E-state index contributed by atoms with van der Waals surface area (Å²) in [5.41, 5.74) is 6.58. The van der Waals surface area contributed by atoms with Gasteiger partial charge in [-0.2, -0.15) is 0 Å². The van der Waals surface area contributed by atoms with Crippen molar-refractivity contribution in [1.29, 1.82) is 0 Å². The van der Waals surface area contributed by atoms with Gasteiger partial charge in [-0.3, -0.25) is 19.2 Å². The fourth-order valence-electron chi connectivity index (χ4n) is 2.92. The van der Waals surface area contributed by atoms with Crippen molar-refractivity contribution in [2.75, 3.05) is 31.5 Å². The summed E-state index contributed by atoms with van der Waals surface area (Å²) in [6, 6.07) is 4.32. The summed E-state index contributed by atoms with van der Waals surface area (Å²) in [7, 11) is 0. The first-order valence-corrected chi connectivity index (χ1v) is 11.2. The molecule has 0 aromatic heterocycles. The van der Waals surface area contributed by atoms with Crippen molar-refractivity contribution >= 4 is 29.4 Å². The average Bonchev–Trinajstić information content (AvgIpc) is 2.77. The third-order valence-corrected chi connectivity index (χ3v) is 4.71. The second kappa shape index (κ2) is 14.2. The Hall–Kier alpha value is -2.98. The van der Waals surface area contributed by atoms with Crippen LogP contribution in [0.25, 0.3) is 0 Å². The maximum absolute atomic E-state index is 12.6. The first-order chi connectivity index (χ1) is 15.6. The Bertz CT molecular complexity index is 825. The third kappa shape index (κ3) is 9.58. The summed E-state index contributed by atoms with van der Waals surface area (Å²) in [6.45, 7) is 10.1. The molecule has 6 N–H and O–H groups in total. The number of rotatable bonds is 13. The Labute approximate surface area is 195 Å². The minimum atomic E-state index is -0.436. The van der Waals surface area contributed by atoms with Crippen molar-refractivity contribution in [3.05, 3.63) is 29.3 Å². The van der Waals surface area contributed by atoms with Crippen LogP contribution in [0.3, 0.4) is 0 Å². The molecule has 0 saturated heterocycles. The van der Waals surface area contributed by atoms with Crippen LogP contribution in [0.5, 0.6) is 0 Å².